The van der Waals surface area contributed by atoms with E-state index in [1.54, 1.807) is 11.3 Å². The summed E-state index contributed by atoms with van der Waals surface area (Å²) >= 11 is 8.21. The zero-order valence-corrected chi connectivity index (χ0v) is 13.8. The third-order valence-electron chi connectivity index (χ3n) is 3.70. The summed E-state index contributed by atoms with van der Waals surface area (Å²) in [6.45, 7) is 5.10. The van der Waals surface area contributed by atoms with E-state index in [-0.39, 0.29) is 6.04 Å². The summed E-state index contributed by atoms with van der Waals surface area (Å²) in [6, 6.07) is 15.2. The van der Waals surface area contributed by atoms with Gasteiger partial charge in [0.1, 0.15) is 0 Å². The van der Waals surface area contributed by atoms with Crippen LogP contribution < -0.4 is 5.32 Å². The summed E-state index contributed by atoms with van der Waals surface area (Å²) in [7, 11) is 0. The maximum atomic E-state index is 6.48. The molecular formula is C18H18ClNS. The van der Waals surface area contributed by atoms with Gasteiger partial charge in [0.05, 0.1) is 11.1 Å². The Balaban J connectivity index is 2.08. The second-order valence-corrected chi connectivity index (χ2v) is 6.48. The molecule has 0 aliphatic rings. The van der Waals surface area contributed by atoms with Gasteiger partial charge in [0, 0.05) is 4.88 Å². The van der Waals surface area contributed by atoms with Crippen LogP contribution in [0.1, 0.15) is 29.0 Å². The molecule has 0 saturated heterocycles. The van der Waals surface area contributed by atoms with Gasteiger partial charge >= 0.3 is 0 Å². The van der Waals surface area contributed by atoms with Crippen molar-refractivity contribution in [3.8, 4) is 0 Å². The molecule has 0 amide bonds. The average molecular weight is 316 g/mol. The van der Waals surface area contributed by atoms with E-state index >= 15 is 0 Å². The molecule has 0 aliphatic carbocycles. The first-order chi connectivity index (χ1) is 10.2. The minimum absolute atomic E-state index is 0.158. The summed E-state index contributed by atoms with van der Waals surface area (Å²) in [5.41, 5.74) is 2.42. The van der Waals surface area contributed by atoms with Crippen molar-refractivity contribution in [2.24, 2.45) is 0 Å². The number of hydrogen-bond donors (Lipinski definition) is 1. The first kappa shape index (κ1) is 14.6. The van der Waals surface area contributed by atoms with E-state index in [0.717, 1.165) is 17.1 Å². The number of aryl methyl sites for hydroxylation is 1. The highest BCUT2D eigenvalue weighted by Crippen LogP contribution is 2.36. The van der Waals surface area contributed by atoms with Crippen molar-refractivity contribution in [3.63, 3.8) is 0 Å². The number of nitrogens with one attached hydrogen (secondary N) is 1. The second kappa shape index (κ2) is 6.18. The first-order valence-corrected chi connectivity index (χ1v) is 8.42. The number of hydrogen-bond acceptors (Lipinski definition) is 2. The van der Waals surface area contributed by atoms with Gasteiger partial charge in [-0.2, -0.15) is 0 Å². The summed E-state index contributed by atoms with van der Waals surface area (Å²) in [6.07, 6.45) is 0. The van der Waals surface area contributed by atoms with Crippen LogP contribution in [-0.2, 0) is 0 Å². The van der Waals surface area contributed by atoms with Gasteiger partial charge in [0.25, 0.3) is 0 Å². The van der Waals surface area contributed by atoms with E-state index in [2.05, 4.69) is 67.0 Å². The molecule has 108 valence electrons. The van der Waals surface area contributed by atoms with Crippen molar-refractivity contribution in [3.05, 3.63) is 68.9 Å². The van der Waals surface area contributed by atoms with Crippen LogP contribution in [0.4, 0.5) is 0 Å². The molecule has 1 N–H and O–H groups in total. The number of fused-ring (bicyclic) bond motifs is 1. The van der Waals surface area contributed by atoms with Gasteiger partial charge in [-0.05, 0) is 46.8 Å². The van der Waals surface area contributed by atoms with E-state index < -0.39 is 0 Å². The molecular weight excluding hydrogens is 298 g/mol. The second-order valence-electron chi connectivity index (χ2n) is 5.19. The third-order valence-corrected chi connectivity index (χ3v) is 5.48. The van der Waals surface area contributed by atoms with Crippen molar-refractivity contribution < 1.29 is 0 Å². The number of halogens is 1. The lowest BCUT2D eigenvalue weighted by Crippen LogP contribution is -2.21. The molecule has 0 spiro atoms. The van der Waals surface area contributed by atoms with Gasteiger partial charge in [0.2, 0.25) is 0 Å². The molecule has 1 aromatic heterocycles. The van der Waals surface area contributed by atoms with Crippen LogP contribution in [0.15, 0.2) is 47.8 Å². The Hall–Kier alpha value is -1.35. The molecule has 0 aliphatic heterocycles. The fraction of sp³-hybridized carbons (Fsp3) is 0.222. The monoisotopic (exact) mass is 315 g/mol. The fourth-order valence-corrected chi connectivity index (χ4v) is 4.00. The lowest BCUT2D eigenvalue weighted by Gasteiger charge is -2.18. The first-order valence-electron chi connectivity index (χ1n) is 7.16. The van der Waals surface area contributed by atoms with Crippen molar-refractivity contribution in [1.82, 2.24) is 5.32 Å². The van der Waals surface area contributed by atoms with Gasteiger partial charge in [-0.25, -0.2) is 0 Å². The van der Waals surface area contributed by atoms with E-state index in [0.29, 0.717) is 0 Å². The Bertz CT molecular complexity index is 763. The van der Waals surface area contributed by atoms with Gasteiger partial charge in [-0.15, -0.1) is 11.3 Å². The number of rotatable bonds is 4. The van der Waals surface area contributed by atoms with E-state index in [9.17, 15) is 0 Å². The molecule has 0 radical (unpaired) electrons. The molecule has 3 rings (SSSR count). The smallest absolute Gasteiger partial charge is 0.0686 e. The van der Waals surface area contributed by atoms with Crippen LogP contribution in [0.2, 0.25) is 5.02 Å². The van der Waals surface area contributed by atoms with Gasteiger partial charge in [-0.1, -0.05) is 54.9 Å². The Labute approximate surface area is 134 Å². The average Bonchev–Trinajstić information content (AvgIpc) is 2.84. The highest BCUT2D eigenvalue weighted by Gasteiger charge is 2.19. The third kappa shape index (κ3) is 2.84. The molecule has 1 unspecified atom stereocenters. The molecule has 3 heteroatoms. The normalized spacial score (nSPS) is 12.7. The minimum Gasteiger partial charge on any atom is -0.306 e. The molecule has 1 nitrogen and oxygen atoms in total. The van der Waals surface area contributed by atoms with Crippen molar-refractivity contribution in [2.75, 3.05) is 6.54 Å². The van der Waals surface area contributed by atoms with E-state index in [1.165, 1.54) is 21.2 Å². The van der Waals surface area contributed by atoms with Crippen molar-refractivity contribution in [1.29, 1.82) is 0 Å². The molecule has 3 aromatic rings. The van der Waals surface area contributed by atoms with Crippen LogP contribution in [-0.4, -0.2) is 6.54 Å². The van der Waals surface area contributed by atoms with Crippen molar-refractivity contribution >= 4 is 33.7 Å². The highest BCUT2D eigenvalue weighted by atomic mass is 35.5. The van der Waals surface area contributed by atoms with Crippen LogP contribution in [0.3, 0.4) is 0 Å². The Kier molecular flexibility index (Phi) is 4.29. The van der Waals surface area contributed by atoms with Gasteiger partial charge in [0.15, 0.2) is 0 Å². The molecule has 1 atom stereocenters. The van der Waals surface area contributed by atoms with Crippen LogP contribution in [0, 0.1) is 6.92 Å². The molecule has 0 fully saturated rings. The molecule has 21 heavy (non-hydrogen) atoms. The summed E-state index contributed by atoms with van der Waals surface area (Å²) in [4.78, 5) is 1.20. The summed E-state index contributed by atoms with van der Waals surface area (Å²) < 4.78 is 0. The number of benzene rings is 2. The quantitative estimate of drug-likeness (QED) is 0.664. The molecule has 2 aromatic carbocycles. The Morgan fingerprint density at radius 2 is 1.90 bits per heavy atom. The predicted octanol–water partition coefficient (Wildman–Crippen LogP) is 5.56. The summed E-state index contributed by atoms with van der Waals surface area (Å²) in [5, 5.41) is 9.11. The lowest BCUT2D eigenvalue weighted by molar-refractivity contribution is 0.640. The Morgan fingerprint density at radius 3 is 2.57 bits per heavy atom. The van der Waals surface area contributed by atoms with Gasteiger partial charge in [-0.3, -0.25) is 0 Å². The zero-order chi connectivity index (χ0) is 14.8. The lowest BCUT2D eigenvalue weighted by atomic mass is 10.0. The van der Waals surface area contributed by atoms with Crippen LogP contribution in [0.25, 0.3) is 10.8 Å². The predicted molar refractivity (Wildman–Crippen MR) is 93.5 cm³/mol. The molecule has 0 saturated carbocycles. The fourth-order valence-electron chi connectivity index (χ4n) is 2.60. The maximum absolute atomic E-state index is 6.48. The largest absolute Gasteiger partial charge is 0.306 e. The van der Waals surface area contributed by atoms with Crippen molar-refractivity contribution in [2.45, 2.75) is 19.9 Å². The van der Waals surface area contributed by atoms with Crippen LogP contribution >= 0.6 is 22.9 Å². The molecule has 1 heterocycles. The molecule has 0 bridgehead atoms. The maximum Gasteiger partial charge on any atom is 0.0686 e. The minimum atomic E-state index is 0.158. The number of thiophene rings is 1. The van der Waals surface area contributed by atoms with Crippen LogP contribution in [0.5, 0.6) is 0 Å². The highest BCUT2D eigenvalue weighted by molar-refractivity contribution is 7.10. The van der Waals surface area contributed by atoms with E-state index in [4.69, 9.17) is 11.6 Å². The SMILES string of the molecule is CCNC(c1ccc2ccccc2c1)c1scc(C)c1Cl. The summed E-state index contributed by atoms with van der Waals surface area (Å²) in [5.74, 6) is 0. The standard InChI is InChI=1S/C18H18ClNS/c1-3-20-17(18-16(19)12(2)11-21-18)15-9-8-13-6-4-5-7-14(13)10-15/h4-11,17,20H,3H2,1-2H3. The van der Waals surface area contributed by atoms with Gasteiger partial charge < -0.3 is 5.32 Å². The topological polar surface area (TPSA) is 12.0 Å². The van der Waals surface area contributed by atoms with E-state index in [1.807, 2.05) is 0 Å². The Morgan fingerprint density at radius 1 is 1.14 bits per heavy atom. The zero-order valence-electron chi connectivity index (χ0n) is 12.2.